The molecule has 2 N–H and O–H groups in total. The number of aryl methyl sites for hydroxylation is 1. The van der Waals surface area contributed by atoms with Crippen molar-refractivity contribution in [3.63, 3.8) is 0 Å². The summed E-state index contributed by atoms with van der Waals surface area (Å²) in [5, 5.41) is 11.1. The Kier molecular flexibility index (Phi) is 4.20. The van der Waals surface area contributed by atoms with Crippen LogP contribution in [0, 0.1) is 12.7 Å². The van der Waals surface area contributed by atoms with Crippen LogP contribution < -0.4 is 5.32 Å². The molecule has 5 heteroatoms. The molecule has 1 aromatic carbocycles. The Morgan fingerprint density at radius 1 is 1.22 bits per heavy atom. The molecule has 0 aliphatic rings. The van der Waals surface area contributed by atoms with Crippen molar-refractivity contribution in [1.29, 1.82) is 0 Å². The molecule has 0 saturated carbocycles. The van der Waals surface area contributed by atoms with E-state index in [1.807, 2.05) is 0 Å². The van der Waals surface area contributed by atoms with E-state index < -0.39 is 17.7 Å². The molecule has 4 nitrogen and oxygen atoms in total. The van der Waals surface area contributed by atoms with Gasteiger partial charge in [-0.05, 0) is 32.4 Å². The molecule has 0 fully saturated rings. The second-order valence-electron chi connectivity index (χ2n) is 3.95. The Morgan fingerprint density at radius 2 is 1.83 bits per heavy atom. The zero-order chi connectivity index (χ0) is 13.9. The summed E-state index contributed by atoms with van der Waals surface area (Å²) in [4.78, 5) is 22.4. The van der Waals surface area contributed by atoms with Gasteiger partial charge in [-0.15, -0.1) is 0 Å². The number of carbonyl (C=O) groups is 2. The fourth-order valence-electron chi connectivity index (χ4n) is 1.29. The fourth-order valence-corrected chi connectivity index (χ4v) is 1.29. The molecule has 0 spiro atoms. The van der Waals surface area contributed by atoms with Crippen molar-refractivity contribution in [2.75, 3.05) is 5.32 Å². The zero-order valence-corrected chi connectivity index (χ0v) is 10.4. The summed E-state index contributed by atoms with van der Waals surface area (Å²) >= 11 is 0. The maximum absolute atomic E-state index is 13.6. The number of rotatable bonds is 3. The summed E-state index contributed by atoms with van der Waals surface area (Å²) in [6, 6.07) is 4.61. The van der Waals surface area contributed by atoms with Crippen molar-refractivity contribution in [2.45, 2.75) is 20.8 Å². The van der Waals surface area contributed by atoms with Crippen LogP contribution in [0.5, 0.6) is 0 Å². The summed E-state index contributed by atoms with van der Waals surface area (Å²) in [6.07, 6.45) is 0. The third-order valence-corrected chi connectivity index (χ3v) is 2.66. The summed E-state index contributed by atoms with van der Waals surface area (Å²) in [5.74, 6) is -2.32. The van der Waals surface area contributed by atoms with Crippen molar-refractivity contribution >= 4 is 17.6 Å². The molecule has 0 heterocycles. The molecule has 1 aromatic rings. The van der Waals surface area contributed by atoms with Gasteiger partial charge in [-0.25, -0.2) is 9.18 Å². The van der Waals surface area contributed by atoms with Crippen LogP contribution in [-0.4, -0.2) is 17.0 Å². The van der Waals surface area contributed by atoms with Gasteiger partial charge in [0.1, 0.15) is 5.82 Å². The lowest BCUT2D eigenvalue weighted by Crippen LogP contribution is -2.17. The number of carbonyl (C=O) groups excluding carboxylic acids is 1. The normalized spacial score (nSPS) is 11.8. The molecule has 0 radical (unpaired) electrons. The van der Waals surface area contributed by atoms with Crippen LogP contribution in [0.15, 0.2) is 29.3 Å². The van der Waals surface area contributed by atoms with E-state index in [4.69, 9.17) is 5.11 Å². The predicted molar refractivity (Wildman–Crippen MR) is 65.8 cm³/mol. The van der Waals surface area contributed by atoms with E-state index in [2.05, 4.69) is 5.32 Å². The molecule has 0 aromatic heterocycles. The van der Waals surface area contributed by atoms with E-state index in [0.717, 1.165) is 0 Å². The lowest BCUT2D eigenvalue weighted by molar-refractivity contribution is -0.133. The summed E-state index contributed by atoms with van der Waals surface area (Å²) in [5.41, 5.74) is 0.422. The van der Waals surface area contributed by atoms with Gasteiger partial charge in [0.2, 0.25) is 0 Å². The van der Waals surface area contributed by atoms with Gasteiger partial charge >= 0.3 is 5.97 Å². The van der Waals surface area contributed by atoms with Crippen molar-refractivity contribution in [3.8, 4) is 0 Å². The molecular weight excluding hydrogens is 237 g/mol. The number of carboxylic acid groups (broad SMARTS) is 1. The van der Waals surface area contributed by atoms with Gasteiger partial charge in [-0.3, -0.25) is 4.79 Å². The molecule has 1 amide bonds. The first-order valence-electron chi connectivity index (χ1n) is 5.31. The lowest BCUT2D eigenvalue weighted by atomic mass is 10.1. The van der Waals surface area contributed by atoms with Gasteiger partial charge in [-0.1, -0.05) is 12.1 Å². The van der Waals surface area contributed by atoms with Gasteiger partial charge in [0.25, 0.3) is 5.91 Å². The zero-order valence-electron chi connectivity index (χ0n) is 10.4. The molecule has 0 saturated heterocycles. The monoisotopic (exact) mass is 251 g/mol. The number of nitrogens with one attached hydrogen (secondary N) is 1. The second-order valence-corrected chi connectivity index (χ2v) is 3.95. The Bertz CT molecular complexity index is 535. The highest BCUT2D eigenvalue weighted by molar-refractivity contribution is 6.08. The first kappa shape index (κ1) is 13.9. The van der Waals surface area contributed by atoms with Crippen LogP contribution in [0.25, 0.3) is 0 Å². The smallest absolute Gasteiger partial charge is 0.331 e. The number of halogens is 1. The minimum atomic E-state index is -1.17. The average molecular weight is 251 g/mol. The largest absolute Gasteiger partial charge is 0.478 e. The number of anilines is 1. The summed E-state index contributed by atoms with van der Waals surface area (Å²) in [7, 11) is 0. The molecule has 0 unspecified atom stereocenters. The van der Waals surface area contributed by atoms with Gasteiger partial charge in [0.15, 0.2) is 0 Å². The SMILES string of the molecule is C/C(C(=O)O)=C(/C)C(=O)Nc1cccc(C)c1F. The molecular formula is C13H14FNO3. The van der Waals surface area contributed by atoms with Crippen molar-refractivity contribution < 1.29 is 19.1 Å². The third kappa shape index (κ3) is 2.94. The third-order valence-electron chi connectivity index (χ3n) is 2.66. The van der Waals surface area contributed by atoms with Crippen LogP contribution in [0.1, 0.15) is 19.4 Å². The minimum Gasteiger partial charge on any atom is -0.478 e. The van der Waals surface area contributed by atoms with Gasteiger partial charge < -0.3 is 10.4 Å². The maximum Gasteiger partial charge on any atom is 0.331 e. The Balaban J connectivity index is 2.99. The topological polar surface area (TPSA) is 66.4 Å². The summed E-state index contributed by atoms with van der Waals surface area (Å²) in [6.45, 7) is 4.28. The lowest BCUT2D eigenvalue weighted by Gasteiger charge is -2.09. The van der Waals surface area contributed by atoms with E-state index in [9.17, 15) is 14.0 Å². The second kappa shape index (κ2) is 5.44. The Hall–Kier alpha value is -2.17. The number of hydrogen-bond acceptors (Lipinski definition) is 2. The first-order chi connectivity index (χ1) is 8.34. The van der Waals surface area contributed by atoms with E-state index in [1.165, 1.54) is 19.9 Å². The standard InChI is InChI=1S/C13H14FNO3/c1-7-5-4-6-10(11(7)14)15-12(16)8(2)9(3)13(17)18/h4-6H,1-3H3,(H,15,16)(H,17,18)/b9-8+. The first-order valence-corrected chi connectivity index (χ1v) is 5.31. The minimum absolute atomic E-state index is 0.0394. The summed E-state index contributed by atoms with van der Waals surface area (Å²) < 4.78 is 13.6. The van der Waals surface area contributed by atoms with Gasteiger partial charge in [-0.2, -0.15) is 0 Å². The molecule has 18 heavy (non-hydrogen) atoms. The molecule has 0 aliphatic carbocycles. The number of carboxylic acids is 1. The molecule has 0 bridgehead atoms. The van der Waals surface area contributed by atoms with E-state index in [1.54, 1.807) is 19.1 Å². The highest BCUT2D eigenvalue weighted by Gasteiger charge is 2.14. The number of amides is 1. The van der Waals surface area contributed by atoms with Gasteiger partial charge in [0.05, 0.1) is 5.69 Å². The van der Waals surface area contributed by atoms with Crippen LogP contribution in [-0.2, 0) is 9.59 Å². The molecule has 96 valence electrons. The predicted octanol–water partition coefficient (Wildman–Crippen LogP) is 2.49. The molecule has 0 atom stereocenters. The van der Waals surface area contributed by atoms with E-state index in [0.29, 0.717) is 5.56 Å². The van der Waals surface area contributed by atoms with Crippen molar-refractivity contribution in [2.24, 2.45) is 0 Å². The number of benzene rings is 1. The quantitative estimate of drug-likeness (QED) is 0.811. The molecule has 0 aliphatic heterocycles. The molecule has 1 rings (SSSR count). The number of aliphatic carboxylic acids is 1. The maximum atomic E-state index is 13.6. The van der Waals surface area contributed by atoms with Crippen LogP contribution >= 0.6 is 0 Å². The Morgan fingerprint density at radius 3 is 2.39 bits per heavy atom. The van der Waals surface area contributed by atoms with E-state index >= 15 is 0 Å². The van der Waals surface area contributed by atoms with Crippen molar-refractivity contribution in [1.82, 2.24) is 0 Å². The van der Waals surface area contributed by atoms with Crippen LogP contribution in [0.4, 0.5) is 10.1 Å². The highest BCUT2D eigenvalue weighted by atomic mass is 19.1. The van der Waals surface area contributed by atoms with E-state index in [-0.39, 0.29) is 16.8 Å². The van der Waals surface area contributed by atoms with Crippen molar-refractivity contribution in [3.05, 3.63) is 40.7 Å². The van der Waals surface area contributed by atoms with Crippen LogP contribution in [0.2, 0.25) is 0 Å². The Labute approximate surface area is 104 Å². The van der Waals surface area contributed by atoms with Gasteiger partial charge in [0, 0.05) is 11.1 Å². The fraction of sp³-hybridized carbons (Fsp3) is 0.231. The number of hydrogen-bond donors (Lipinski definition) is 2. The highest BCUT2D eigenvalue weighted by Crippen LogP contribution is 2.18. The van der Waals surface area contributed by atoms with Crippen LogP contribution in [0.3, 0.4) is 0 Å². The average Bonchev–Trinajstić information content (AvgIpc) is 2.32.